The van der Waals surface area contributed by atoms with E-state index in [1.807, 2.05) is 6.92 Å². The normalized spacial score (nSPS) is 12.5. The monoisotopic (exact) mass is 188 g/mol. The van der Waals surface area contributed by atoms with Gasteiger partial charge in [0.2, 0.25) is 0 Å². The van der Waals surface area contributed by atoms with Crippen LogP contribution in [0.2, 0.25) is 0 Å². The van der Waals surface area contributed by atoms with Crippen LogP contribution >= 0.6 is 0 Å². The number of ether oxygens (including phenoxy) is 2. The van der Waals surface area contributed by atoms with Crippen LogP contribution in [0.25, 0.3) is 0 Å². The van der Waals surface area contributed by atoms with Crippen molar-refractivity contribution in [1.29, 1.82) is 0 Å². The lowest BCUT2D eigenvalue weighted by Gasteiger charge is -2.14. The van der Waals surface area contributed by atoms with Crippen molar-refractivity contribution in [3.8, 4) is 0 Å². The maximum Gasteiger partial charge on any atom is 0.334 e. The molecule has 0 radical (unpaired) electrons. The summed E-state index contributed by atoms with van der Waals surface area (Å²) in [5.74, 6) is -0.252. The molecular formula is C10H20O3. The summed E-state index contributed by atoms with van der Waals surface area (Å²) in [6.07, 6.45) is 3.40. The van der Waals surface area contributed by atoms with Gasteiger partial charge in [-0.2, -0.15) is 0 Å². The second-order valence-electron chi connectivity index (χ2n) is 3.02. The fourth-order valence-corrected chi connectivity index (χ4v) is 1.03. The van der Waals surface area contributed by atoms with E-state index in [9.17, 15) is 4.79 Å². The number of hydrogen-bond donors (Lipinski definition) is 0. The van der Waals surface area contributed by atoms with Crippen LogP contribution in [0, 0.1) is 0 Å². The highest BCUT2D eigenvalue weighted by Gasteiger charge is 2.17. The highest BCUT2D eigenvalue weighted by Crippen LogP contribution is 2.05. The molecule has 0 aliphatic heterocycles. The number of methoxy groups -OCH3 is 1. The van der Waals surface area contributed by atoms with Crippen molar-refractivity contribution in [3.05, 3.63) is 0 Å². The Morgan fingerprint density at radius 2 is 2.00 bits per heavy atom. The topological polar surface area (TPSA) is 35.5 Å². The van der Waals surface area contributed by atoms with E-state index < -0.39 is 0 Å². The highest BCUT2D eigenvalue weighted by molar-refractivity contribution is 5.74. The molecule has 78 valence electrons. The maximum atomic E-state index is 11.1. The van der Waals surface area contributed by atoms with Crippen molar-refractivity contribution in [2.75, 3.05) is 13.7 Å². The first kappa shape index (κ1) is 12.4. The molecule has 0 fully saturated rings. The molecule has 0 aliphatic carbocycles. The largest absolute Gasteiger partial charge is 0.467 e. The van der Waals surface area contributed by atoms with Gasteiger partial charge in [0.15, 0.2) is 6.10 Å². The number of esters is 1. The second-order valence-corrected chi connectivity index (χ2v) is 3.02. The minimum Gasteiger partial charge on any atom is -0.467 e. The van der Waals surface area contributed by atoms with Gasteiger partial charge in [-0.15, -0.1) is 0 Å². The smallest absolute Gasteiger partial charge is 0.334 e. The Kier molecular flexibility index (Phi) is 7.69. The fraction of sp³-hybridized carbons (Fsp3) is 0.900. The number of carbonyl (C=O) groups is 1. The van der Waals surface area contributed by atoms with Gasteiger partial charge in [0.25, 0.3) is 0 Å². The van der Waals surface area contributed by atoms with Crippen molar-refractivity contribution >= 4 is 5.97 Å². The third-order valence-corrected chi connectivity index (χ3v) is 1.83. The quantitative estimate of drug-likeness (QED) is 0.453. The summed E-state index contributed by atoms with van der Waals surface area (Å²) in [5, 5.41) is 0. The number of carbonyl (C=O) groups excluding carboxylic acids is 1. The summed E-state index contributed by atoms with van der Waals surface area (Å²) in [7, 11) is 1.40. The first-order valence-electron chi connectivity index (χ1n) is 4.95. The Labute approximate surface area is 80.4 Å². The van der Waals surface area contributed by atoms with E-state index in [4.69, 9.17) is 4.74 Å². The Hall–Kier alpha value is -0.570. The zero-order valence-corrected chi connectivity index (χ0v) is 8.84. The van der Waals surface area contributed by atoms with E-state index in [-0.39, 0.29) is 12.1 Å². The lowest BCUT2D eigenvalue weighted by Crippen LogP contribution is -2.25. The Morgan fingerprint density at radius 3 is 2.46 bits per heavy atom. The lowest BCUT2D eigenvalue weighted by atomic mass is 10.2. The molecule has 3 nitrogen and oxygen atoms in total. The summed E-state index contributed by atoms with van der Waals surface area (Å²) >= 11 is 0. The van der Waals surface area contributed by atoms with Gasteiger partial charge < -0.3 is 9.47 Å². The summed E-state index contributed by atoms with van der Waals surface area (Å²) < 4.78 is 10.0. The minimum absolute atomic E-state index is 0.252. The number of unbranched alkanes of at least 4 members (excludes halogenated alkanes) is 1. The van der Waals surface area contributed by atoms with Crippen LogP contribution in [0.5, 0.6) is 0 Å². The first-order valence-corrected chi connectivity index (χ1v) is 4.95. The second kappa shape index (κ2) is 8.05. The Bertz CT molecular complexity index is 134. The third kappa shape index (κ3) is 5.64. The molecule has 0 N–H and O–H groups in total. The van der Waals surface area contributed by atoms with Crippen LogP contribution < -0.4 is 0 Å². The zero-order chi connectivity index (χ0) is 10.1. The van der Waals surface area contributed by atoms with Crippen molar-refractivity contribution in [2.24, 2.45) is 0 Å². The summed E-state index contributed by atoms with van der Waals surface area (Å²) in [4.78, 5) is 11.1. The molecule has 0 rings (SSSR count). The molecule has 0 aromatic heterocycles. The SMILES string of the molecule is CCCCOC(CCC)C(=O)OC. The molecule has 0 bridgehead atoms. The highest BCUT2D eigenvalue weighted by atomic mass is 16.6. The zero-order valence-electron chi connectivity index (χ0n) is 8.84. The predicted molar refractivity (Wildman–Crippen MR) is 51.6 cm³/mol. The van der Waals surface area contributed by atoms with Crippen LogP contribution in [-0.4, -0.2) is 25.8 Å². The summed E-state index contributed by atoms with van der Waals surface area (Å²) in [6, 6.07) is 0. The molecule has 0 saturated carbocycles. The molecule has 13 heavy (non-hydrogen) atoms. The molecule has 0 aliphatic rings. The molecule has 0 aromatic carbocycles. The molecule has 0 heterocycles. The minimum atomic E-state index is -0.360. The molecule has 0 aromatic rings. The van der Waals surface area contributed by atoms with Gasteiger partial charge >= 0.3 is 5.97 Å². The Balaban J connectivity index is 3.73. The molecule has 3 heteroatoms. The predicted octanol–water partition coefficient (Wildman–Crippen LogP) is 2.14. The van der Waals surface area contributed by atoms with Gasteiger partial charge in [-0.3, -0.25) is 0 Å². The van der Waals surface area contributed by atoms with E-state index in [0.717, 1.165) is 25.7 Å². The molecular weight excluding hydrogens is 168 g/mol. The number of rotatable bonds is 7. The molecule has 0 amide bonds. The average molecular weight is 188 g/mol. The molecule has 0 saturated heterocycles. The van der Waals surface area contributed by atoms with Crippen LogP contribution in [0.3, 0.4) is 0 Å². The lowest BCUT2D eigenvalue weighted by molar-refractivity contribution is -0.154. The van der Waals surface area contributed by atoms with Crippen LogP contribution in [0.4, 0.5) is 0 Å². The summed E-state index contributed by atoms with van der Waals surface area (Å²) in [5.41, 5.74) is 0. The van der Waals surface area contributed by atoms with Crippen LogP contribution in [-0.2, 0) is 14.3 Å². The number of hydrogen-bond acceptors (Lipinski definition) is 3. The van der Waals surface area contributed by atoms with Gasteiger partial charge in [0, 0.05) is 6.61 Å². The molecule has 1 unspecified atom stereocenters. The summed E-state index contributed by atoms with van der Waals surface area (Å²) in [6.45, 7) is 4.77. The van der Waals surface area contributed by atoms with E-state index in [0.29, 0.717) is 6.61 Å². The standard InChI is InChI=1S/C10H20O3/c1-4-6-8-13-9(7-5-2)10(11)12-3/h9H,4-8H2,1-3H3. The van der Waals surface area contributed by atoms with Crippen molar-refractivity contribution in [2.45, 2.75) is 45.6 Å². The van der Waals surface area contributed by atoms with Gasteiger partial charge in [-0.05, 0) is 12.8 Å². The van der Waals surface area contributed by atoms with Crippen molar-refractivity contribution < 1.29 is 14.3 Å². The van der Waals surface area contributed by atoms with Gasteiger partial charge in [0.05, 0.1) is 7.11 Å². The van der Waals surface area contributed by atoms with E-state index >= 15 is 0 Å². The maximum absolute atomic E-state index is 11.1. The van der Waals surface area contributed by atoms with Crippen LogP contribution in [0.1, 0.15) is 39.5 Å². The van der Waals surface area contributed by atoms with E-state index in [1.165, 1.54) is 7.11 Å². The van der Waals surface area contributed by atoms with Gasteiger partial charge in [-0.25, -0.2) is 4.79 Å². The van der Waals surface area contributed by atoms with E-state index in [1.54, 1.807) is 0 Å². The van der Waals surface area contributed by atoms with Crippen molar-refractivity contribution in [1.82, 2.24) is 0 Å². The van der Waals surface area contributed by atoms with Gasteiger partial charge in [-0.1, -0.05) is 26.7 Å². The molecule has 0 spiro atoms. The van der Waals surface area contributed by atoms with Crippen molar-refractivity contribution in [3.63, 3.8) is 0 Å². The third-order valence-electron chi connectivity index (χ3n) is 1.83. The van der Waals surface area contributed by atoms with Gasteiger partial charge in [0.1, 0.15) is 0 Å². The first-order chi connectivity index (χ1) is 6.26. The molecule has 1 atom stereocenters. The van der Waals surface area contributed by atoms with Crippen LogP contribution in [0.15, 0.2) is 0 Å². The average Bonchev–Trinajstić information content (AvgIpc) is 2.16. The van der Waals surface area contributed by atoms with E-state index in [2.05, 4.69) is 11.7 Å². The fourth-order valence-electron chi connectivity index (χ4n) is 1.03. The Morgan fingerprint density at radius 1 is 1.31 bits per heavy atom.